The Morgan fingerprint density at radius 3 is 2.65 bits per heavy atom. The maximum Gasteiger partial charge on any atom is 0.0575 e. The van der Waals surface area contributed by atoms with Crippen LogP contribution in [0.25, 0.3) is 0 Å². The first kappa shape index (κ1) is 15.0. The van der Waals surface area contributed by atoms with Gasteiger partial charge >= 0.3 is 0 Å². The summed E-state index contributed by atoms with van der Waals surface area (Å²) in [6.45, 7) is 6.60. The summed E-state index contributed by atoms with van der Waals surface area (Å²) in [6.07, 6.45) is 12.4. The van der Waals surface area contributed by atoms with Crippen LogP contribution in [0.3, 0.4) is 0 Å². The summed E-state index contributed by atoms with van der Waals surface area (Å²) in [7, 11) is 0. The van der Waals surface area contributed by atoms with E-state index in [1.807, 2.05) is 0 Å². The van der Waals surface area contributed by atoms with Gasteiger partial charge in [-0.25, -0.2) is 0 Å². The van der Waals surface area contributed by atoms with Crippen molar-refractivity contribution in [2.75, 3.05) is 13.2 Å². The molecule has 102 valence electrons. The molecule has 0 aliphatic heterocycles. The Labute approximate surface area is 108 Å². The van der Waals surface area contributed by atoms with E-state index in [-0.39, 0.29) is 0 Å². The van der Waals surface area contributed by atoms with Crippen molar-refractivity contribution < 1.29 is 4.74 Å². The van der Waals surface area contributed by atoms with Crippen LogP contribution in [0.4, 0.5) is 0 Å². The van der Waals surface area contributed by atoms with E-state index in [4.69, 9.17) is 4.74 Å². The van der Waals surface area contributed by atoms with Crippen molar-refractivity contribution >= 4 is 0 Å². The maximum atomic E-state index is 5.91. The second-order valence-electron chi connectivity index (χ2n) is 5.48. The third kappa shape index (κ3) is 7.77. The summed E-state index contributed by atoms with van der Waals surface area (Å²) in [4.78, 5) is 0. The SMILES string of the molecule is CCCCC(C)NCCCOC1CCCCC1. The van der Waals surface area contributed by atoms with E-state index in [2.05, 4.69) is 19.2 Å². The molecule has 0 radical (unpaired) electrons. The Morgan fingerprint density at radius 2 is 1.94 bits per heavy atom. The van der Waals surface area contributed by atoms with Gasteiger partial charge in [-0.1, -0.05) is 39.0 Å². The molecule has 2 heteroatoms. The van der Waals surface area contributed by atoms with Gasteiger partial charge in [0.2, 0.25) is 0 Å². The number of unbranched alkanes of at least 4 members (excludes halogenated alkanes) is 1. The van der Waals surface area contributed by atoms with Crippen molar-refractivity contribution in [1.29, 1.82) is 0 Å². The second-order valence-corrected chi connectivity index (χ2v) is 5.48. The van der Waals surface area contributed by atoms with Gasteiger partial charge in [0.05, 0.1) is 6.10 Å². The monoisotopic (exact) mass is 241 g/mol. The molecule has 0 aromatic rings. The molecule has 0 aromatic carbocycles. The topological polar surface area (TPSA) is 21.3 Å². The number of rotatable bonds is 9. The largest absolute Gasteiger partial charge is 0.378 e. The van der Waals surface area contributed by atoms with Crippen molar-refractivity contribution in [1.82, 2.24) is 5.32 Å². The van der Waals surface area contributed by atoms with Crippen LogP contribution < -0.4 is 5.32 Å². The Kier molecular flexibility index (Phi) is 8.72. The zero-order valence-electron chi connectivity index (χ0n) is 11.8. The van der Waals surface area contributed by atoms with Gasteiger partial charge in [-0.2, -0.15) is 0 Å². The summed E-state index contributed by atoms with van der Waals surface area (Å²) in [6, 6.07) is 0.671. The van der Waals surface area contributed by atoms with Gasteiger partial charge in [-0.15, -0.1) is 0 Å². The minimum absolute atomic E-state index is 0.571. The summed E-state index contributed by atoms with van der Waals surface area (Å²) in [5.74, 6) is 0. The zero-order valence-corrected chi connectivity index (χ0v) is 11.8. The van der Waals surface area contributed by atoms with Crippen LogP contribution in [0, 0.1) is 0 Å². The van der Waals surface area contributed by atoms with Crippen LogP contribution in [-0.4, -0.2) is 25.3 Å². The van der Waals surface area contributed by atoms with E-state index < -0.39 is 0 Å². The van der Waals surface area contributed by atoms with E-state index in [1.165, 1.54) is 51.4 Å². The van der Waals surface area contributed by atoms with Crippen LogP contribution >= 0.6 is 0 Å². The van der Waals surface area contributed by atoms with Gasteiger partial charge in [0.1, 0.15) is 0 Å². The number of nitrogens with one attached hydrogen (secondary N) is 1. The van der Waals surface area contributed by atoms with Crippen LogP contribution in [0.15, 0.2) is 0 Å². The van der Waals surface area contributed by atoms with Crippen LogP contribution in [0.1, 0.15) is 71.6 Å². The van der Waals surface area contributed by atoms with E-state index in [1.54, 1.807) is 0 Å². The highest BCUT2D eigenvalue weighted by Gasteiger charge is 2.12. The molecule has 1 unspecified atom stereocenters. The fourth-order valence-corrected chi connectivity index (χ4v) is 2.51. The molecule has 2 nitrogen and oxygen atoms in total. The first-order chi connectivity index (χ1) is 8.33. The van der Waals surface area contributed by atoms with Crippen LogP contribution in [0.5, 0.6) is 0 Å². The van der Waals surface area contributed by atoms with Crippen molar-refractivity contribution in [2.45, 2.75) is 83.8 Å². The highest BCUT2D eigenvalue weighted by atomic mass is 16.5. The Hall–Kier alpha value is -0.0800. The molecule has 1 aliphatic carbocycles. The first-order valence-corrected chi connectivity index (χ1v) is 7.68. The second kappa shape index (κ2) is 9.90. The maximum absolute atomic E-state index is 5.91. The van der Waals surface area contributed by atoms with Gasteiger partial charge in [-0.3, -0.25) is 0 Å². The van der Waals surface area contributed by atoms with E-state index in [9.17, 15) is 0 Å². The predicted octanol–water partition coefficient (Wildman–Crippen LogP) is 3.89. The normalized spacial score (nSPS) is 19.4. The summed E-state index contributed by atoms with van der Waals surface area (Å²) < 4.78 is 5.91. The lowest BCUT2D eigenvalue weighted by Gasteiger charge is -2.22. The van der Waals surface area contributed by atoms with Gasteiger partial charge in [-0.05, 0) is 39.2 Å². The molecule has 0 amide bonds. The van der Waals surface area contributed by atoms with Crippen molar-refractivity contribution in [3.63, 3.8) is 0 Å². The number of hydrogen-bond acceptors (Lipinski definition) is 2. The molecule has 0 spiro atoms. The van der Waals surface area contributed by atoms with E-state index >= 15 is 0 Å². The average molecular weight is 241 g/mol. The summed E-state index contributed by atoms with van der Waals surface area (Å²) in [5.41, 5.74) is 0. The van der Waals surface area contributed by atoms with Crippen molar-refractivity contribution in [2.24, 2.45) is 0 Å². The highest BCUT2D eigenvalue weighted by Crippen LogP contribution is 2.20. The zero-order chi connectivity index (χ0) is 12.3. The molecular weight excluding hydrogens is 210 g/mol. The minimum Gasteiger partial charge on any atom is -0.378 e. The van der Waals surface area contributed by atoms with Gasteiger partial charge in [0.15, 0.2) is 0 Å². The predicted molar refractivity (Wildman–Crippen MR) is 74.4 cm³/mol. The minimum atomic E-state index is 0.571. The van der Waals surface area contributed by atoms with Gasteiger partial charge in [0, 0.05) is 12.6 Å². The standard InChI is InChI=1S/C15H31NO/c1-3-4-9-14(2)16-12-8-13-17-15-10-6-5-7-11-15/h14-16H,3-13H2,1-2H3. The van der Waals surface area contributed by atoms with Crippen molar-refractivity contribution in [3.05, 3.63) is 0 Å². The molecular formula is C15H31NO. The lowest BCUT2D eigenvalue weighted by molar-refractivity contribution is 0.0271. The van der Waals surface area contributed by atoms with E-state index in [0.29, 0.717) is 12.1 Å². The third-order valence-electron chi connectivity index (χ3n) is 3.71. The quantitative estimate of drug-likeness (QED) is 0.618. The number of hydrogen-bond donors (Lipinski definition) is 1. The summed E-state index contributed by atoms with van der Waals surface area (Å²) >= 11 is 0. The molecule has 1 rings (SSSR count). The van der Waals surface area contributed by atoms with E-state index in [0.717, 1.165) is 19.6 Å². The lowest BCUT2D eigenvalue weighted by atomic mass is 9.98. The molecule has 1 aliphatic rings. The molecule has 0 bridgehead atoms. The Bertz CT molecular complexity index is 166. The molecule has 1 fully saturated rings. The molecule has 1 N–H and O–H groups in total. The molecule has 1 saturated carbocycles. The van der Waals surface area contributed by atoms with Gasteiger partial charge in [0.25, 0.3) is 0 Å². The third-order valence-corrected chi connectivity index (χ3v) is 3.71. The Morgan fingerprint density at radius 1 is 1.18 bits per heavy atom. The average Bonchev–Trinajstić information content (AvgIpc) is 2.37. The fraction of sp³-hybridized carbons (Fsp3) is 1.00. The lowest BCUT2D eigenvalue weighted by Crippen LogP contribution is -2.28. The molecule has 0 heterocycles. The number of ether oxygens (including phenoxy) is 1. The molecule has 0 saturated heterocycles. The van der Waals surface area contributed by atoms with Crippen LogP contribution in [-0.2, 0) is 4.74 Å². The van der Waals surface area contributed by atoms with Gasteiger partial charge < -0.3 is 10.1 Å². The molecule has 17 heavy (non-hydrogen) atoms. The molecule has 1 atom stereocenters. The summed E-state index contributed by atoms with van der Waals surface area (Å²) in [5, 5.41) is 3.58. The molecule has 0 aromatic heterocycles. The fourth-order valence-electron chi connectivity index (χ4n) is 2.51. The van der Waals surface area contributed by atoms with Crippen molar-refractivity contribution in [3.8, 4) is 0 Å². The highest BCUT2D eigenvalue weighted by molar-refractivity contribution is 4.65. The smallest absolute Gasteiger partial charge is 0.0575 e. The Balaban J connectivity index is 1.86. The van der Waals surface area contributed by atoms with Crippen LogP contribution in [0.2, 0.25) is 0 Å². The first-order valence-electron chi connectivity index (χ1n) is 7.68.